The SMILES string of the molecule is CC(C)c1nc(CN(C)C(=O)N(C)C(CC(=O)O)C(=O)NC(CCC(Cc2ccccc2)NC(=O)OCc2cncs2)Cc2ccccc2)cs1. The zero-order valence-corrected chi connectivity index (χ0v) is 31.0. The summed E-state index contributed by atoms with van der Waals surface area (Å²) in [5, 5.41) is 18.7. The van der Waals surface area contributed by atoms with Gasteiger partial charge in [0.15, 0.2) is 0 Å². The molecule has 0 saturated heterocycles. The second-order valence-electron chi connectivity index (χ2n) is 12.7. The molecule has 272 valence electrons. The van der Waals surface area contributed by atoms with Gasteiger partial charge < -0.3 is 30.3 Å². The van der Waals surface area contributed by atoms with Crippen LogP contribution in [0, 0.1) is 0 Å². The number of thiazole rings is 2. The van der Waals surface area contributed by atoms with E-state index in [0.29, 0.717) is 25.7 Å². The molecule has 2 heterocycles. The monoisotopic (exact) mass is 734 g/mol. The Hall–Kier alpha value is -4.82. The number of alkyl carbamates (subject to hydrolysis) is 1. The van der Waals surface area contributed by atoms with Gasteiger partial charge in [0.25, 0.3) is 0 Å². The van der Waals surface area contributed by atoms with Crippen molar-refractivity contribution in [3.05, 3.63) is 104 Å². The lowest BCUT2D eigenvalue weighted by Crippen LogP contribution is -2.54. The number of amides is 4. The van der Waals surface area contributed by atoms with Gasteiger partial charge in [-0.1, -0.05) is 74.5 Å². The molecule has 2 aromatic heterocycles. The zero-order chi connectivity index (χ0) is 36.8. The fourth-order valence-electron chi connectivity index (χ4n) is 5.55. The fourth-order valence-corrected chi connectivity index (χ4v) is 6.88. The predicted molar refractivity (Wildman–Crippen MR) is 198 cm³/mol. The summed E-state index contributed by atoms with van der Waals surface area (Å²) in [7, 11) is 3.04. The number of hydrogen-bond acceptors (Lipinski definition) is 9. The van der Waals surface area contributed by atoms with Crippen LogP contribution in [0.4, 0.5) is 9.59 Å². The van der Waals surface area contributed by atoms with E-state index in [1.807, 2.05) is 79.9 Å². The molecule has 12 nitrogen and oxygen atoms in total. The number of benzene rings is 2. The first kappa shape index (κ1) is 39.0. The summed E-state index contributed by atoms with van der Waals surface area (Å²) in [6, 6.07) is 16.9. The Bertz CT molecular complexity index is 1690. The number of carbonyl (C=O) groups is 4. The van der Waals surface area contributed by atoms with Crippen molar-refractivity contribution in [1.29, 1.82) is 0 Å². The molecule has 0 aliphatic rings. The molecule has 4 rings (SSSR count). The topological polar surface area (TPSA) is 154 Å². The van der Waals surface area contributed by atoms with Crippen molar-refractivity contribution in [2.45, 2.75) is 83.1 Å². The molecule has 4 amide bonds. The average molecular weight is 735 g/mol. The first-order chi connectivity index (χ1) is 24.5. The standard InChI is InChI=1S/C37H46N6O6S2/c1-25(2)35-40-30(23-50-35)21-42(3)37(48)43(4)32(19-33(44)45)34(46)39-28(17-26-11-7-5-8-12-26)15-16-29(18-27-13-9-6-10-14-27)41-36(47)49-22-31-20-38-24-51-31/h5-14,20,23-25,28-29,32H,15-19,21-22H2,1-4H3,(H,39,46)(H,41,47)(H,44,45). The molecular formula is C37H46N6O6S2. The molecule has 0 bridgehead atoms. The van der Waals surface area contributed by atoms with Crippen LogP contribution in [-0.4, -0.2) is 81.1 Å². The summed E-state index contributed by atoms with van der Waals surface area (Å²) in [5.41, 5.74) is 4.40. The lowest BCUT2D eigenvalue weighted by molar-refractivity contribution is -0.141. The molecule has 0 fully saturated rings. The zero-order valence-electron chi connectivity index (χ0n) is 29.4. The van der Waals surface area contributed by atoms with Gasteiger partial charge in [-0.3, -0.25) is 14.6 Å². The van der Waals surface area contributed by atoms with Crippen molar-refractivity contribution < 1.29 is 29.0 Å². The van der Waals surface area contributed by atoms with Gasteiger partial charge in [0.05, 0.1) is 34.1 Å². The van der Waals surface area contributed by atoms with E-state index in [1.54, 1.807) is 18.8 Å². The largest absolute Gasteiger partial charge is 0.481 e. The smallest absolute Gasteiger partial charge is 0.407 e. The Morgan fingerprint density at radius 1 is 0.882 bits per heavy atom. The number of aromatic nitrogens is 2. The van der Waals surface area contributed by atoms with Crippen molar-refractivity contribution >= 4 is 46.7 Å². The van der Waals surface area contributed by atoms with Crippen molar-refractivity contribution in [2.24, 2.45) is 0 Å². The van der Waals surface area contributed by atoms with Crippen LogP contribution in [0.5, 0.6) is 0 Å². The van der Waals surface area contributed by atoms with E-state index < -0.39 is 42.5 Å². The highest BCUT2D eigenvalue weighted by molar-refractivity contribution is 7.09. The average Bonchev–Trinajstić information content (AvgIpc) is 3.81. The molecule has 0 saturated carbocycles. The maximum absolute atomic E-state index is 13.9. The number of nitrogens with zero attached hydrogens (tertiary/aromatic N) is 4. The van der Waals surface area contributed by atoms with Gasteiger partial charge in [0, 0.05) is 43.7 Å². The predicted octanol–water partition coefficient (Wildman–Crippen LogP) is 6.10. The normalized spacial score (nSPS) is 12.8. The maximum Gasteiger partial charge on any atom is 0.407 e. The number of hydrogen-bond donors (Lipinski definition) is 3. The Labute approximate surface area is 306 Å². The molecular weight excluding hydrogens is 689 g/mol. The number of aliphatic carboxylic acids is 1. The molecule has 2 aromatic carbocycles. The van der Waals surface area contributed by atoms with Gasteiger partial charge in [-0.25, -0.2) is 14.6 Å². The highest BCUT2D eigenvalue weighted by atomic mass is 32.1. The third-order valence-electron chi connectivity index (χ3n) is 8.24. The quantitative estimate of drug-likeness (QED) is 0.111. The molecule has 3 unspecified atom stereocenters. The van der Waals surface area contributed by atoms with Crippen molar-refractivity contribution in [1.82, 2.24) is 30.4 Å². The van der Waals surface area contributed by atoms with Gasteiger partial charge in [-0.2, -0.15) is 0 Å². The van der Waals surface area contributed by atoms with E-state index in [-0.39, 0.29) is 25.1 Å². The lowest BCUT2D eigenvalue weighted by atomic mass is 9.95. The molecule has 3 atom stereocenters. The lowest BCUT2D eigenvalue weighted by Gasteiger charge is -2.32. The van der Waals surface area contributed by atoms with E-state index in [0.717, 1.165) is 26.7 Å². The number of nitrogens with one attached hydrogen (secondary N) is 2. The second kappa shape index (κ2) is 19.5. The van der Waals surface area contributed by atoms with Crippen LogP contribution in [-0.2, 0) is 40.3 Å². The number of carboxylic acid groups (broad SMARTS) is 1. The number of carbonyl (C=O) groups excluding carboxylic acids is 3. The highest BCUT2D eigenvalue weighted by Gasteiger charge is 2.32. The summed E-state index contributed by atoms with van der Waals surface area (Å²) in [6.07, 6.45) is 2.45. The fraction of sp³-hybridized carbons (Fsp3) is 0.405. The van der Waals surface area contributed by atoms with Crippen molar-refractivity contribution in [2.75, 3.05) is 14.1 Å². The minimum atomic E-state index is -1.27. The number of carboxylic acids is 1. The van der Waals surface area contributed by atoms with E-state index in [9.17, 15) is 24.3 Å². The minimum absolute atomic E-state index is 0.108. The van der Waals surface area contributed by atoms with Crippen LogP contribution >= 0.6 is 22.7 Å². The van der Waals surface area contributed by atoms with Crippen LogP contribution in [0.15, 0.2) is 77.8 Å². The second-order valence-corrected chi connectivity index (χ2v) is 14.6. The van der Waals surface area contributed by atoms with Crippen molar-refractivity contribution in [3.63, 3.8) is 0 Å². The summed E-state index contributed by atoms with van der Waals surface area (Å²) in [6.45, 7) is 4.42. The summed E-state index contributed by atoms with van der Waals surface area (Å²) >= 11 is 2.92. The van der Waals surface area contributed by atoms with Crippen LogP contribution < -0.4 is 10.6 Å². The Kier molecular flexibility index (Phi) is 14.9. The maximum atomic E-state index is 13.9. The number of likely N-dealkylation sites (N-methyl/N-ethyl adjacent to an activating group) is 1. The van der Waals surface area contributed by atoms with Crippen LogP contribution in [0.3, 0.4) is 0 Å². The van der Waals surface area contributed by atoms with Gasteiger partial charge in [-0.05, 0) is 36.8 Å². The summed E-state index contributed by atoms with van der Waals surface area (Å²) in [4.78, 5) is 64.3. The first-order valence-electron chi connectivity index (χ1n) is 16.8. The molecule has 4 aromatic rings. The molecule has 0 aliphatic carbocycles. The van der Waals surface area contributed by atoms with E-state index in [2.05, 4.69) is 20.6 Å². The van der Waals surface area contributed by atoms with E-state index in [1.165, 1.54) is 39.5 Å². The van der Waals surface area contributed by atoms with Gasteiger partial charge in [-0.15, -0.1) is 22.7 Å². The number of urea groups is 1. The molecule has 0 aliphatic heterocycles. The Morgan fingerprint density at radius 3 is 2.02 bits per heavy atom. The third-order valence-corrected chi connectivity index (χ3v) is 10.2. The Balaban J connectivity index is 1.48. The highest BCUT2D eigenvalue weighted by Crippen LogP contribution is 2.21. The summed E-state index contributed by atoms with van der Waals surface area (Å²) < 4.78 is 5.46. The van der Waals surface area contributed by atoms with Crippen LogP contribution in [0.1, 0.15) is 65.7 Å². The van der Waals surface area contributed by atoms with Crippen molar-refractivity contribution in [3.8, 4) is 0 Å². The molecule has 3 N–H and O–H groups in total. The van der Waals surface area contributed by atoms with E-state index >= 15 is 0 Å². The molecule has 51 heavy (non-hydrogen) atoms. The number of rotatable bonds is 18. The van der Waals surface area contributed by atoms with Gasteiger partial charge in [0.1, 0.15) is 12.6 Å². The molecule has 0 spiro atoms. The minimum Gasteiger partial charge on any atom is -0.481 e. The van der Waals surface area contributed by atoms with E-state index in [4.69, 9.17) is 4.74 Å². The number of ether oxygens (including phenoxy) is 1. The molecule has 14 heteroatoms. The van der Waals surface area contributed by atoms with Gasteiger partial charge >= 0.3 is 18.1 Å². The molecule has 0 radical (unpaired) electrons. The summed E-state index contributed by atoms with van der Waals surface area (Å²) in [5.74, 6) is -1.52. The third kappa shape index (κ3) is 12.8. The Morgan fingerprint density at radius 2 is 1.49 bits per heavy atom. The first-order valence-corrected chi connectivity index (χ1v) is 18.6. The van der Waals surface area contributed by atoms with Crippen LogP contribution in [0.25, 0.3) is 0 Å². The van der Waals surface area contributed by atoms with Gasteiger partial charge in [0.2, 0.25) is 5.91 Å². The van der Waals surface area contributed by atoms with Crippen LogP contribution in [0.2, 0.25) is 0 Å².